The zero-order chi connectivity index (χ0) is 37.5. The molecule has 0 unspecified atom stereocenters. The number of fused-ring (bicyclic) bond motifs is 1. The number of phenols is 1. The summed E-state index contributed by atoms with van der Waals surface area (Å²) >= 11 is 0. The number of urea groups is 1. The number of anilines is 1. The van der Waals surface area contributed by atoms with Crippen molar-refractivity contribution in [3.8, 4) is 5.75 Å². The highest BCUT2D eigenvalue weighted by Gasteiger charge is 2.36. The number of para-hydroxylation sites is 1. The quantitative estimate of drug-likeness (QED) is 0.345. The molecule has 0 radical (unpaired) electrons. The topological polar surface area (TPSA) is 135 Å². The smallest absolute Gasteiger partial charge is 0.410 e. The molecule has 0 bridgehead atoms. The molecule has 3 saturated heterocycles. The number of phenolic OH excluding ortho intramolecular Hbond substituents is 1. The monoisotopic (exact) mass is 732 g/mol. The van der Waals surface area contributed by atoms with Crippen molar-refractivity contribution in [2.24, 2.45) is 0 Å². The van der Waals surface area contributed by atoms with Gasteiger partial charge in [0.1, 0.15) is 5.75 Å². The number of likely N-dealkylation sites (tertiary alicyclic amines) is 2. The molecule has 13 nitrogen and oxygen atoms in total. The number of aromatic hydroxyl groups is 1. The Morgan fingerprint density at radius 3 is 2.19 bits per heavy atom. The number of carbonyl (C=O) groups is 4. The van der Waals surface area contributed by atoms with Gasteiger partial charge in [-0.1, -0.05) is 30.3 Å². The van der Waals surface area contributed by atoms with Gasteiger partial charge in [-0.2, -0.15) is 0 Å². The van der Waals surface area contributed by atoms with E-state index in [1.165, 1.54) is 0 Å². The molecule has 4 heterocycles. The number of esters is 1. The number of hydrogen-bond donors (Lipinski definition) is 2. The Morgan fingerprint density at radius 2 is 1.51 bits per heavy atom. The molecule has 13 heteroatoms. The van der Waals surface area contributed by atoms with E-state index in [4.69, 9.17) is 9.47 Å². The van der Waals surface area contributed by atoms with E-state index in [9.17, 15) is 24.3 Å². The van der Waals surface area contributed by atoms with Crippen LogP contribution in [0.2, 0.25) is 0 Å². The molecule has 6 rings (SSSR count). The second kappa shape index (κ2) is 17.6. The number of piperidine rings is 2. The summed E-state index contributed by atoms with van der Waals surface area (Å²) in [5.41, 5.74) is 4.21. The second-order valence-corrected chi connectivity index (χ2v) is 14.9. The average molecular weight is 733 g/mol. The minimum absolute atomic E-state index is 0.00241. The number of carbonyl (C=O) groups excluding carboxylic acids is 4. The summed E-state index contributed by atoms with van der Waals surface area (Å²) in [5.74, 6) is -0.123. The zero-order valence-electron chi connectivity index (χ0n) is 31.6. The van der Waals surface area contributed by atoms with Crippen LogP contribution in [0.1, 0.15) is 61.3 Å². The summed E-state index contributed by atoms with van der Waals surface area (Å²) in [6.45, 7) is 12.9. The van der Waals surface area contributed by atoms with Crippen molar-refractivity contribution in [3.05, 3.63) is 58.7 Å². The summed E-state index contributed by atoms with van der Waals surface area (Å²) in [6, 6.07) is 11.8. The Morgan fingerprint density at radius 1 is 0.868 bits per heavy atom. The van der Waals surface area contributed by atoms with E-state index in [1.54, 1.807) is 4.90 Å². The predicted octanol–water partition coefficient (Wildman–Crippen LogP) is 4.17. The number of nitrogens with zero attached hydrogens (tertiary/aromatic N) is 5. The fraction of sp³-hybridized carbons (Fsp3) is 0.600. The molecule has 0 aliphatic carbocycles. The highest BCUT2D eigenvalue weighted by molar-refractivity contribution is 5.91. The maximum atomic E-state index is 14.1. The van der Waals surface area contributed by atoms with Crippen LogP contribution in [-0.4, -0.2) is 144 Å². The molecule has 0 aromatic heterocycles. The number of ether oxygens (including phenoxy) is 2. The molecular formula is C40H56N6O7. The van der Waals surface area contributed by atoms with Gasteiger partial charge in [0.25, 0.3) is 5.91 Å². The zero-order valence-corrected chi connectivity index (χ0v) is 31.6. The van der Waals surface area contributed by atoms with Crippen molar-refractivity contribution >= 4 is 29.7 Å². The summed E-state index contributed by atoms with van der Waals surface area (Å²) < 4.78 is 11.2. The van der Waals surface area contributed by atoms with Gasteiger partial charge in [0, 0.05) is 89.6 Å². The first-order valence-electron chi connectivity index (χ1n) is 19.4. The third kappa shape index (κ3) is 9.61. The molecule has 4 aliphatic heterocycles. The van der Waals surface area contributed by atoms with Crippen LogP contribution in [0.25, 0.3) is 0 Å². The first-order valence-corrected chi connectivity index (χ1v) is 19.4. The molecule has 0 spiro atoms. The standard InChI is InChI=1S/C40H56N6O7/c1-4-52-36(47)14-15-42-21-23-43(24-22-42)32-10-16-44(17-11-32)38(49)35(27-30-25-28(2)37(48)29(3)26-30)53-40(51)45-18-12-33(13-19-45)46-20-9-31-7-5-6-8-34(31)41-39(46)50/h5-8,25-26,32-33,35,48H,4,9-24,27H2,1-3H3,(H,41,50)/t35-/m1/s1. The van der Waals surface area contributed by atoms with Crippen LogP contribution in [0.5, 0.6) is 5.75 Å². The Balaban J connectivity index is 1.03. The Labute approximate surface area is 313 Å². The van der Waals surface area contributed by atoms with E-state index in [0.717, 1.165) is 62.3 Å². The third-order valence-electron chi connectivity index (χ3n) is 11.4. The molecule has 0 saturated carbocycles. The van der Waals surface area contributed by atoms with Gasteiger partial charge in [-0.25, -0.2) is 9.59 Å². The Kier molecular flexibility index (Phi) is 12.8. The third-order valence-corrected chi connectivity index (χ3v) is 11.4. The molecular weight excluding hydrogens is 676 g/mol. The van der Waals surface area contributed by atoms with Gasteiger partial charge in [-0.3, -0.25) is 14.5 Å². The van der Waals surface area contributed by atoms with Crippen molar-refractivity contribution < 1.29 is 33.8 Å². The molecule has 1 atom stereocenters. The lowest BCUT2D eigenvalue weighted by Crippen LogP contribution is -2.55. The van der Waals surface area contributed by atoms with Crippen LogP contribution in [0.15, 0.2) is 36.4 Å². The van der Waals surface area contributed by atoms with Gasteiger partial charge in [0.05, 0.1) is 13.0 Å². The van der Waals surface area contributed by atoms with Crippen molar-refractivity contribution in [1.82, 2.24) is 24.5 Å². The van der Waals surface area contributed by atoms with Crippen LogP contribution in [0.4, 0.5) is 15.3 Å². The van der Waals surface area contributed by atoms with Crippen molar-refractivity contribution in [1.29, 1.82) is 0 Å². The minimum atomic E-state index is -1.00. The first kappa shape index (κ1) is 38.4. The first-order chi connectivity index (χ1) is 25.6. The molecule has 4 aliphatic rings. The van der Waals surface area contributed by atoms with Gasteiger partial charge in [0.15, 0.2) is 6.10 Å². The van der Waals surface area contributed by atoms with E-state index in [0.29, 0.717) is 82.3 Å². The van der Waals surface area contributed by atoms with Gasteiger partial charge in [-0.15, -0.1) is 0 Å². The van der Waals surface area contributed by atoms with E-state index >= 15 is 0 Å². The average Bonchev–Trinajstić information content (AvgIpc) is 3.34. The summed E-state index contributed by atoms with van der Waals surface area (Å²) in [6.07, 6.45) is 2.81. The van der Waals surface area contributed by atoms with Crippen molar-refractivity contribution in [3.63, 3.8) is 0 Å². The molecule has 3 fully saturated rings. The SMILES string of the molecule is CCOC(=O)CCN1CCN(C2CCN(C(=O)[C@@H](Cc3cc(C)c(O)c(C)c3)OC(=O)N3CCC(N4CCc5ccccc5NC4=O)CC3)CC2)CC1. The highest BCUT2D eigenvalue weighted by atomic mass is 16.6. The number of amides is 4. The molecule has 288 valence electrons. The van der Waals surface area contributed by atoms with Gasteiger partial charge >= 0.3 is 18.1 Å². The Bertz CT molecular complexity index is 1590. The number of hydrogen-bond acceptors (Lipinski definition) is 9. The van der Waals surface area contributed by atoms with Crippen molar-refractivity contribution in [2.45, 2.75) is 83.9 Å². The fourth-order valence-electron chi connectivity index (χ4n) is 8.34. The molecule has 2 aromatic carbocycles. The van der Waals surface area contributed by atoms with E-state index in [1.807, 2.05) is 67.0 Å². The van der Waals surface area contributed by atoms with E-state index in [-0.39, 0.29) is 36.1 Å². The minimum Gasteiger partial charge on any atom is -0.507 e. The predicted molar refractivity (Wildman–Crippen MR) is 201 cm³/mol. The number of piperazine rings is 1. The lowest BCUT2D eigenvalue weighted by molar-refractivity contribution is -0.144. The molecule has 2 N–H and O–H groups in total. The molecule has 53 heavy (non-hydrogen) atoms. The van der Waals surface area contributed by atoms with Crippen LogP contribution >= 0.6 is 0 Å². The summed E-state index contributed by atoms with van der Waals surface area (Å²) in [5, 5.41) is 13.4. The lowest BCUT2D eigenvalue weighted by Gasteiger charge is -2.43. The van der Waals surface area contributed by atoms with Crippen LogP contribution in [0.3, 0.4) is 0 Å². The van der Waals surface area contributed by atoms with Crippen LogP contribution in [-0.2, 0) is 31.9 Å². The van der Waals surface area contributed by atoms with E-state index in [2.05, 4.69) is 15.1 Å². The van der Waals surface area contributed by atoms with Gasteiger partial charge in [-0.05, 0) is 81.2 Å². The number of aryl methyl sites for hydroxylation is 2. The largest absolute Gasteiger partial charge is 0.507 e. The van der Waals surface area contributed by atoms with Gasteiger partial charge < -0.3 is 39.5 Å². The maximum Gasteiger partial charge on any atom is 0.410 e. The Hall–Kier alpha value is -4.36. The normalized spacial score (nSPS) is 20.0. The second-order valence-electron chi connectivity index (χ2n) is 14.9. The fourth-order valence-corrected chi connectivity index (χ4v) is 8.34. The summed E-state index contributed by atoms with van der Waals surface area (Å²) in [4.78, 5) is 63.0. The van der Waals surface area contributed by atoms with Crippen LogP contribution < -0.4 is 5.32 Å². The molecule has 2 aromatic rings. The number of benzene rings is 2. The summed E-state index contributed by atoms with van der Waals surface area (Å²) in [7, 11) is 0. The maximum absolute atomic E-state index is 14.1. The highest BCUT2D eigenvalue weighted by Crippen LogP contribution is 2.28. The number of rotatable bonds is 10. The number of nitrogens with one attached hydrogen (secondary N) is 1. The van der Waals surface area contributed by atoms with Crippen molar-refractivity contribution in [2.75, 3.05) is 77.4 Å². The van der Waals surface area contributed by atoms with Gasteiger partial charge in [0.2, 0.25) is 0 Å². The van der Waals surface area contributed by atoms with E-state index < -0.39 is 12.2 Å². The van der Waals surface area contributed by atoms with Crippen LogP contribution in [0, 0.1) is 13.8 Å². The molecule has 4 amide bonds. The lowest BCUT2D eigenvalue weighted by atomic mass is 9.98.